The molecule has 162 valence electrons. The first-order valence-electron chi connectivity index (χ1n) is 9.34. The molecule has 1 atom stereocenters. The van der Waals surface area contributed by atoms with E-state index in [2.05, 4.69) is 20.7 Å². The Balaban J connectivity index is 1.45. The van der Waals surface area contributed by atoms with Gasteiger partial charge in [0.1, 0.15) is 0 Å². The van der Waals surface area contributed by atoms with Gasteiger partial charge in [0.15, 0.2) is 17.3 Å². The van der Waals surface area contributed by atoms with Crippen LogP contribution in [0.25, 0.3) is 5.82 Å². The van der Waals surface area contributed by atoms with E-state index < -0.39 is 29.3 Å². The van der Waals surface area contributed by atoms with Crippen molar-refractivity contribution in [1.82, 2.24) is 20.1 Å². The van der Waals surface area contributed by atoms with E-state index in [0.717, 1.165) is 16.8 Å². The molecule has 3 heterocycles. The Hall–Kier alpha value is -3.31. The molecule has 1 saturated heterocycles. The largest absolute Gasteiger partial charge is 0.417 e. The molecule has 7 nitrogen and oxygen atoms in total. The minimum Gasteiger partial charge on any atom is -0.371 e. The lowest BCUT2D eigenvalue weighted by molar-refractivity contribution is -0.138. The van der Waals surface area contributed by atoms with Gasteiger partial charge in [-0.05, 0) is 29.8 Å². The van der Waals surface area contributed by atoms with Crippen LogP contribution in [0.4, 0.5) is 23.2 Å². The van der Waals surface area contributed by atoms with Crippen molar-refractivity contribution in [3.05, 3.63) is 71.4 Å². The third-order valence-electron chi connectivity index (χ3n) is 4.66. The van der Waals surface area contributed by atoms with Crippen molar-refractivity contribution in [2.24, 2.45) is 0 Å². The van der Waals surface area contributed by atoms with Gasteiger partial charge in [0.05, 0.1) is 18.3 Å². The summed E-state index contributed by atoms with van der Waals surface area (Å²) in [5, 5.41) is 9.81. The van der Waals surface area contributed by atoms with Gasteiger partial charge >= 0.3 is 6.18 Å². The fourth-order valence-corrected chi connectivity index (χ4v) is 3.07. The number of morpholine rings is 1. The number of pyridine rings is 1. The summed E-state index contributed by atoms with van der Waals surface area (Å²) in [6.07, 6.45) is -3.02. The lowest BCUT2D eigenvalue weighted by Gasteiger charge is -2.24. The third-order valence-corrected chi connectivity index (χ3v) is 4.66. The molecule has 1 aliphatic heterocycles. The van der Waals surface area contributed by atoms with Crippen molar-refractivity contribution in [1.29, 1.82) is 0 Å². The Kier molecular flexibility index (Phi) is 5.70. The van der Waals surface area contributed by atoms with Crippen molar-refractivity contribution < 1.29 is 27.1 Å². The number of hydrogen-bond donors (Lipinski definition) is 2. The smallest absolute Gasteiger partial charge is 0.371 e. The minimum absolute atomic E-state index is 0.0509. The number of ether oxygens (including phenoxy) is 1. The number of rotatable bonds is 4. The van der Waals surface area contributed by atoms with Crippen LogP contribution in [0.2, 0.25) is 0 Å². The van der Waals surface area contributed by atoms with Gasteiger partial charge in [0.25, 0.3) is 5.91 Å². The lowest BCUT2D eigenvalue weighted by Crippen LogP contribution is -2.33. The van der Waals surface area contributed by atoms with Crippen LogP contribution in [0.1, 0.15) is 27.7 Å². The summed E-state index contributed by atoms with van der Waals surface area (Å²) in [5.74, 6) is -2.22. The molecule has 1 amide bonds. The van der Waals surface area contributed by atoms with Crippen molar-refractivity contribution in [2.75, 3.05) is 25.0 Å². The molecule has 1 aromatic carbocycles. The SMILES string of the molecule is O=C(Nc1ccc([C@H]2CNCCO2)cc1)c1ccn(-c2ncc(C(F)(F)F)cc2F)n1. The van der Waals surface area contributed by atoms with Crippen molar-refractivity contribution in [3.8, 4) is 5.82 Å². The summed E-state index contributed by atoms with van der Waals surface area (Å²) in [5.41, 5.74) is 0.228. The van der Waals surface area contributed by atoms with E-state index in [1.807, 2.05) is 12.1 Å². The van der Waals surface area contributed by atoms with E-state index in [1.165, 1.54) is 12.3 Å². The summed E-state index contributed by atoms with van der Waals surface area (Å²) in [6.45, 7) is 2.14. The second-order valence-electron chi connectivity index (χ2n) is 6.81. The molecule has 0 spiro atoms. The van der Waals surface area contributed by atoms with Gasteiger partial charge in [-0.2, -0.15) is 18.3 Å². The summed E-state index contributed by atoms with van der Waals surface area (Å²) in [7, 11) is 0. The lowest BCUT2D eigenvalue weighted by atomic mass is 10.1. The van der Waals surface area contributed by atoms with Crippen LogP contribution in [-0.4, -0.2) is 40.4 Å². The van der Waals surface area contributed by atoms with Crippen LogP contribution in [0.15, 0.2) is 48.8 Å². The Labute approximate surface area is 174 Å². The van der Waals surface area contributed by atoms with Crippen LogP contribution in [0.3, 0.4) is 0 Å². The van der Waals surface area contributed by atoms with Gasteiger partial charge in [-0.3, -0.25) is 4.79 Å². The number of alkyl halides is 3. The van der Waals surface area contributed by atoms with E-state index in [0.29, 0.717) is 31.1 Å². The first-order chi connectivity index (χ1) is 14.8. The van der Waals surface area contributed by atoms with Crippen LogP contribution in [-0.2, 0) is 10.9 Å². The molecule has 4 rings (SSSR count). The molecule has 0 saturated carbocycles. The van der Waals surface area contributed by atoms with Gasteiger partial charge in [-0.15, -0.1) is 0 Å². The normalized spacial score (nSPS) is 16.8. The topological polar surface area (TPSA) is 81.1 Å². The number of hydrogen-bond acceptors (Lipinski definition) is 5. The molecule has 11 heteroatoms. The number of anilines is 1. The molecule has 2 aromatic heterocycles. The van der Waals surface area contributed by atoms with Crippen LogP contribution >= 0.6 is 0 Å². The molecule has 2 N–H and O–H groups in total. The zero-order chi connectivity index (χ0) is 22.0. The Morgan fingerprint density at radius 3 is 2.65 bits per heavy atom. The van der Waals surface area contributed by atoms with Crippen molar-refractivity contribution in [2.45, 2.75) is 12.3 Å². The Morgan fingerprint density at radius 1 is 1.23 bits per heavy atom. The van der Waals surface area contributed by atoms with Crippen LogP contribution in [0.5, 0.6) is 0 Å². The highest BCUT2D eigenvalue weighted by Crippen LogP contribution is 2.29. The van der Waals surface area contributed by atoms with E-state index in [-0.39, 0.29) is 11.8 Å². The Morgan fingerprint density at radius 2 is 2.00 bits per heavy atom. The first-order valence-corrected chi connectivity index (χ1v) is 9.34. The molecule has 31 heavy (non-hydrogen) atoms. The van der Waals surface area contributed by atoms with Crippen molar-refractivity contribution in [3.63, 3.8) is 0 Å². The molecule has 3 aromatic rings. The van der Waals surface area contributed by atoms with Gasteiger partial charge in [-0.25, -0.2) is 14.1 Å². The van der Waals surface area contributed by atoms with E-state index in [1.54, 1.807) is 12.1 Å². The monoisotopic (exact) mass is 435 g/mol. The molecule has 0 radical (unpaired) electrons. The highest BCUT2D eigenvalue weighted by Gasteiger charge is 2.32. The number of carbonyl (C=O) groups excluding carboxylic acids is 1. The highest BCUT2D eigenvalue weighted by molar-refractivity contribution is 6.02. The number of halogens is 4. The molecule has 1 fully saturated rings. The van der Waals surface area contributed by atoms with Gasteiger partial charge in [0.2, 0.25) is 0 Å². The average molecular weight is 435 g/mol. The van der Waals surface area contributed by atoms with Gasteiger partial charge < -0.3 is 15.4 Å². The third kappa shape index (κ3) is 4.72. The van der Waals surface area contributed by atoms with Crippen molar-refractivity contribution >= 4 is 11.6 Å². The Bertz CT molecular complexity index is 1080. The van der Waals surface area contributed by atoms with E-state index >= 15 is 0 Å². The second kappa shape index (κ2) is 8.44. The minimum atomic E-state index is -4.71. The summed E-state index contributed by atoms with van der Waals surface area (Å²) < 4.78 is 58.6. The molecule has 0 bridgehead atoms. The highest BCUT2D eigenvalue weighted by atomic mass is 19.4. The number of amides is 1. The fourth-order valence-electron chi connectivity index (χ4n) is 3.07. The molecule has 1 aliphatic rings. The molecular formula is C20H17F4N5O2. The number of nitrogens with one attached hydrogen (secondary N) is 2. The first kappa shape index (κ1) is 20.9. The zero-order valence-electron chi connectivity index (χ0n) is 16.0. The molecule has 0 unspecified atom stereocenters. The maximum Gasteiger partial charge on any atom is 0.417 e. The van der Waals surface area contributed by atoms with Gasteiger partial charge in [-0.1, -0.05) is 12.1 Å². The van der Waals surface area contributed by atoms with Crippen LogP contribution < -0.4 is 10.6 Å². The maximum absolute atomic E-state index is 14.1. The van der Waals surface area contributed by atoms with E-state index in [9.17, 15) is 22.4 Å². The van der Waals surface area contributed by atoms with Gasteiger partial charge in [0, 0.05) is 31.2 Å². The van der Waals surface area contributed by atoms with E-state index in [4.69, 9.17) is 4.74 Å². The maximum atomic E-state index is 14.1. The number of nitrogens with zero attached hydrogens (tertiary/aromatic N) is 3. The summed E-state index contributed by atoms with van der Waals surface area (Å²) >= 11 is 0. The standard InChI is InChI=1S/C20H17F4N5O2/c21-15-9-13(20(22,23)24)10-26-18(15)29-7-5-16(28-29)19(30)27-14-3-1-12(2-4-14)17-11-25-6-8-31-17/h1-5,7,9-10,17,25H,6,8,11H2,(H,27,30)/t17-/m1/s1. The molecular weight excluding hydrogens is 418 g/mol. The molecule has 0 aliphatic carbocycles. The number of aromatic nitrogens is 3. The predicted octanol–water partition coefficient (Wildman–Crippen LogP) is 3.34. The fraction of sp³-hybridized carbons (Fsp3) is 0.250. The summed E-state index contributed by atoms with van der Waals surface area (Å²) in [6, 6.07) is 8.76. The average Bonchev–Trinajstić information content (AvgIpc) is 3.24. The second-order valence-corrected chi connectivity index (χ2v) is 6.81. The predicted molar refractivity (Wildman–Crippen MR) is 102 cm³/mol. The van der Waals surface area contributed by atoms with Crippen LogP contribution in [0, 0.1) is 5.82 Å². The quantitative estimate of drug-likeness (QED) is 0.615. The summed E-state index contributed by atoms with van der Waals surface area (Å²) in [4.78, 5) is 15.9. The number of benzene rings is 1. The zero-order valence-corrected chi connectivity index (χ0v) is 16.0. The number of carbonyl (C=O) groups is 1.